The van der Waals surface area contributed by atoms with Crippen LogP contribution in [-0.4, -0.2) is 37.8 Å². The number of nitrogens with zero attached hydrogens (tertiary/aromatic N) is 1. The highest BCUT2D eigenvalue weighted by Gasteiger charge is 2.40. The fraction of sp³-hybridized carbons (Fsp3) is 1.00. The monoisotopic (exact) mass is 170 g/mol. The third-order valence-electron chi connectivity index (χ3n) is 1.44. The summed E-state index contributed by atoms with van der Waals surface area (Å²) in [6.07, 6.45) is -4.21. The molecule has 0 aliphatic rings. The predicted octanol–water partition coefficient (Wildman–Crippen LogP) is 0.828. The molecule has 0 rings (SSSR count). The number of alkyl halides is 3. The lowest BCUT2D eigenvalue weighted by Crippen LogP contribution is -2.42. The lowest BCUT2D eigenvalue weighted by molar-refractivity contribution is -0.178. The van der Waals surface area contributed by atoms with Gasteiger partial charge >= 0.3 is 6.18 Å². The summed E-state index contributed by atoms with van der Waals surface area (Å²) in [5.41, 5.74) is 5.04. The van der Waals surface area contributed by atoms with Crippen LogP contribution in [0.3, 0.4) is 0 Å². The van der Waals surface area contributed by atoms with E-state index in [2.05, 4.69) is 0 Å². The minimum atomic E-state index is -4.16. The Morgan fingerprint density at radius 1 is 1.36 bits per heavy atom. The first kappa shape index (κ1) is 10.7. The summed E-state index contributed by atoms with van der Waals surface area (Å²) in [4.78, 5) is 1.13. The average molecular weight is 170 g/mol. The molecule has 0 bridgehead atoms. The summed E-state index contributed by atoms with van der Waals surface area (Å²) < 4.78 is 36.2. The number of rotatable bonds is 3. The van der Waals surface area contributed by atoms with Gasteiger partial charge in [-0.15, -0.1) is 0 Å². The summed E-state index contributed by atoms with van der Waals surface area (Å²) in [5.74, 6) is 0. The molecule has 11 heavy (non-hydrogen) atoms. The molecule has 1 unspecified atom stereocenters. The maximum atomic E-state index is 12.1. The molecule has 0 saturated heterocycles. The smallest absolute Gasteiger partial charge is 0.330 e. The van der Waals surface area contributed by atoms with Crippen LogP contribution >= 0.6 is 0 Å². The van der Waals surface area contributed by atoms with Crippen LogP contribution in [0.25, 0.3) is 0 Å². The Morgan fingerprint density at radius 2 is 1.82 bits per heavy atom. The van der Waals surface area contributed by atoms with Crippen molar-refractivity contribution in [2.75, 3.05) is 20.6 Å². The molecular weight excluding hydrogens is 157 g/mol. The average Bonchev–Trinajstić information content (AvgIpc) is 1.79. The first-order valence-electron chi connectivity index (χ1n) is 3.32. The third-order valence-corrected chi connectivity index (χ3v) is 1.44. The predicted molar refractivity (Wildman–Crippen MR) is 37.2 cm³/mol. The van der Waals surface area contributed by atoms with Gasteiger partial charge in [-0.3, -0.25) is 4.90 Å². The number of nitrogens with two attached hydrogens (primary N) is 1. The largest absolute Gasteiger partial charge is 0.404 e. The van der Waals surface area contributed by atoms with Crippen molar-refractivity contribution in [3.8, 4) is 0 Å². The van der Waals surface area contributed by atoms with Gasteiger partial charge in [-0.2, -0.15) is 13.2 Å². The first-order valence-corrected chi connectivity index (χ1v) is 3.32. The summed E-state index contributed by atoms with van der Waals surface area (Å²) >= 11 is 0. The SMILES string of the molecule is CN(C)C(CCN)C(F)(F)F. The van der Waals surface area contributed by atoms with E-state index in [-0.39, 0.29) is 13.0 Å². The summed E-state index contributed by atoms with van der Waals surface area (Å²) in [7, 11) is 2.79. The van der Waals surface area contributed by atoms with E-state index in [0.717, 1.165) is 4.90 Å². The molecule has 0 amide bonds. The van der Waals surface area contributed by atoms with Crippen LogP contribution in [0.1, 0.15) is 6.42 Å². The van der Waals surface area contributed by atoms with E-state index < -0.39 is 12.2 Å². The van der Waals surface area contributed by atoms with E-state index in [1.54, 1.807) is 0 Å². The Morgan fingerprint density at radius 3 is 1.91 bits per heavy atom. The lowest BCUT2D eigenvalue weighted by atomic mass is 10.2. The maximum absolute atomic E-state index is 12.1. The molecule has 0 heterocycles. The van der Waals surface area contributed by atoms with Gasteiger partial charge in [0.15, 0.2) is 0 Å². The number of halogens is 3. The van der Waals surface area contributed by atoms with Gasteiger partial charge in [-0.1, -0.05) is 0 Å². The fourth-order valence-electron chi connectivity index (χ4n) is 0.873. The van der Waals surface area contributed by atoms with E-state index in [1.807, 2.05) is 0 Å². The van der Waals surface area contributed by atoms with Gasteiger partial charge in [0.25, 0.3) is 0 Å². The van der Waals surface area contributed by atoms with Crippen LogP contribution in [0.4, 0.5) is 13.2 Å². The second-order valence-electron chi connectivity index (χ2n) is 2.60. The van der Waals surface area contributed by atoms with E-state index in [9.17, 15) is 13.2 Å². The van der Waals surface area contributed by atoms with E-state index in [1.165, 1.54) is 14.1 Å². The van der Waals surface area contributed by atoms with Crippen molar-refractivity contribution in [1.82, 2.24) is 4.90 Å². The van der Waals surface area contributed by atoms with Gasteiger partial charge in [-0.25, -0.2) is 0 Å². The molecule has 1 atom stereocenters. The van der Waals surface area contributed by atoms with Gasteiger partial charge < -0.3 is 5.73 Å². The molecular formula is C6H13F3N2. The van der Waals surface area contributed by atoms with Crippen LogP contribution in [0.2, 0.25) is 0 Å². The molecule has 0 fully saturated rings. The number of hydrogen-bond acceptors (Lipinski definition) is 2. The highest BCUT2D eigenvalue weighted by atomic mass is 19.4. The minimum Gasteiger partial charge on any atom is -0.330 e. The van der Waals surface area contributed by atoms with Crippen molar-refractivity contribution in [2.45, 2.75) is 18.6 Å². The van der Waals surface area contributed by atoms with Gasteiger partial charge in [-0.05, 0) is 27.1 Å². The number of hydrogen-bond donors (Lipinski definition) is 1. The molecule has 0 aromatic carbocycles. The summed E-state index contributed by atoms with van der Waals surface area (Å²) in [6.45, 7) is 0.0579. The van der Waals surface area contributed by atoms with E-state index >= 15 is 0 Å². The molecule has 2 nitrogen and oxygen atoms in total. The quantitative estimate of drug-likeness (QED) is 0.679. The van der Waals surface area contributed by atoms with Gasteiger partial charge in [0.2, 0.25) is 0 Å². The second kappa shape index (κ2) is 3.92. The minimum absolute atomic E-state index is 0.0451. The van der Waals surface area contributed by atoms with Crippen LogP contribution in [0, 0.1) is 0 Å². The van der Waals surface area contributed by atoms with Crippen LogP contribution in [-0.2, 0) is 0 Å². The van der Waals surface area contributed by atoms with Crippen molar-refractivity contribution < 1.29 is 13.2 Å². The topological polar surface area (TPSA) is 29.3 Å². The summed E-state index contributed by atoms with van der Waals surface area (Å²) in [6, 6.07) is -1.41. The summed E-state index contributed by atoms with van der Waals surface area (Å²) in [5, 5.41) is 0. The molecule has 0 aromatic rings. The zero-order chi connectivity index (χ0) is 9.07. The van der Waals surface area contributed by atoms with Crippen LogP contribution < -0.4 is 5.73 Å². The van der Waals surface area contributed by atoms with Crippen LogP contribution in [0.15, 0.2) is 0 Å². The standard InChI is InChI=1S/C6H13F3N2/c1-11(2)5(3-4-10)6(7,8)9/h5H,3-4,10H2,1-2H3. The first-order chi connectivity index (χ1) is 4.89. The molecule has 5 heteroatoms. The highest BCUT2D eigenvalue weighted by molar-refractivity contribution is 4.74. The van der Waals surface area contributed by atoms with Crippen LogP contribution in [0.5, 0.6) is 0 Å². The Kier molecular flexibility index (Phi) is 3.82. The molecule has 68 valence electrons. The zero-order valence-corrected chi connectivity index (χ0v) is 6.65. The van der Waals surface area contributed by atoms with Crippen molar-refractivity contribution in [2.24, 2.45) is 5.73 Å². The molecule has 0 radical (unpaired) electrons. The van der Waals surface area contributed by atoms with Crippen molar-refractivity contribution in [3.63, 3.8) is 0 Å². The molecule has 0 aliphatic heterocycles. The molecule has 2 N–H and O–H groups in total. The zero-order valence-electron chi connectivity index (χ0n) is 6.65. The van der Waals surface area contributed by atoms with Crippen molar-refractivity contribution >= 4 is 0 Å². The van der Waals surface area contributed by atoms with Crippen molar-refractivity contribution in [3.05, 3.63) is 0 Å². The third kappa shape index (κ3) is 3.57. The van der Waals surface area contributed by atoms with Gasteiger partial charge in [0.05, 0.1) is 0 Å². The highest BCUT2D eigenvalue weighted by Crippen LogP contribution is 2.24. The van der Waals surface area contributed by atoms with Crippen molar-refractivity contribution in [1.29, 1.82) is 0 Å². The Balaban J connectivity index is 4.10. The maximum Gasteiger partial charge on any atom is 0.404 e. The molecule has 0 saturated carbocycles. The van der Waals surface area contributed by atoms with Gasteiger partial charge in [0, 0.05) is 0 Å². The van der Waals surface area contributed by atoms with E-state index in [0.29, 0.717) is 0 Å². The Bertz CT molecular complexity index is 111. The second-order valence-corrected chi connectivity index (χ2v) is 2.60. The molecule has 0 aliphatic carbocycles. The normalized spacial score (nSPS) is 15.5. The Labute approximate surface area is 64.2 Å². The van der Waals surface area contributed by atoms with E-state index in [4.69, 9.17) is 5.73 Å². The fourth-order valence-corrected chi connectivity index (χ4v) is 0.873. The molecule has 0 spiro atoms. The molecule has 0 aromatic heterocycles. The lowest BCUT2D eigenvalue weighted by Gasteiger charge is -2.25. The Hall–Kier alpha value is -0.290. The van der Waals surface area contributed by atoms with Gasteiger partial charge in [0.1, 0.15) is 6.04 Å².